The molecule has 19 heavy (non-hydrogen) atoms. The summed E-state index contributed by atoms with van der Waals surface area (Å²) in [6, 6.07) is 4.09. The van der Waals surface area contributed by atoms with E-state index >= 15 is 0 Å². The summed E-state index contributed by atoms with van der Waals surface area (Å²) in [7, 11) is 0. The molecule has 3 rings (SSSR count). The monoisotopic (exact) mass is 263 g/mol. The highest BCUT2D eigenvalue weighted by Gasteiger charge is 2.18. The second-order valence-corrected chi connectivity index (χ2v) is 5.33. The lowest BCUT2D eigenvalue weighted by Gasteiger charge is -2.24. The molecule has 0 bridgehead atoms. The summed E-state index contributed by atoms with van der Waals surface area (Å²) < 4.78 is 11.3. The van der Waals surface area contributed by atoms with Crippen molar-refractivity contribution in [3.63, 3.8) is 0 Å². The van der Waals surface area contributed by atoms with E-state index in [4.69, 9.17) is 9.47 Å². The van der Waals surface area contributed by atoms with Crippen LogP contribution in [-0.2, 0) is 6.42 Å². The van der Waals surface area contributed by atoms with Gasteiger partial charge in [0.15, 0.2) is 11.5 Å². The molecular weight excluding hydrogens is 242 g/mol. The van der Waals surface area contributed by atoms with Gasteiger partial charge in [-0.3, -0.25) is 0 Å². The minimum Gasteiger partial charge on any atom is -0.508 e. The Kier molecular flexibility index (Phi) is 3.78. The molecule has 1 atom stereocenters. The molecular formula is C15H21NO3. The molecule has 1 unspecified atom stereocenters. The molecule has 0 aromatic heterocycles. The zero-order valence-electron chi connectivity index (χ0n) is 11.2. The summed E-state index contributed by atoms with van der Waals surface area (Å²) >= 11 is 0. The summed E-state index contributed by atoms with van der Waals surface area (Å²) in [6.07, 6.45) is 5.43. The van der Waals surface area contributed by atoms with E-state index in [1.54, 1.807) is 6.07 Å². The van der Waals surface area contributed by atoms with E-state index in [1.165, 1.54) is 19.3 Å². The standard InChI is InChI=1S/C15H21NO3/c17-13-10-15-14(18-6-3-7-19-15)9-11(13)8-12-4-1-2-5-16-12/h9-10,12,16-17H,1-8H2. The van der Waals surface area contributed by atoms with Gasteiger partial charge in [0.05, 0.1) is 13.2 Å². The van der Waals surface area contributed by atoms with Crippen molar-refractivity contribution in [3.8, 4) is 17.2 Å². The van der Waals surface area contributed by atoms with Crippen molar-refractivity contribution in [3.05, 3.63) is 17.7 Å². The number of hydrogen-bond donors (Lipinski definition) is 2. The third-order valence-electron chi connectivity index (χ3n) is 3.83. The molecule has 0 spiro atoms. The van der Waals surface area contributed by atoms with Crippen LogP contribution in [0.5, 0.6) is 17.2 Å². The van der Waals surface area contributed by atoms with Gasteiger partial charge in [-0.15, -0.1) is 0 Å². The summed E-state index contributed by atoms with van der Waals surface area (Å²) in [5.74, 6) is 1.74. The SMILES string of the molecule is Oc1cc2c(cc1CC1CCCCN1)OCCCO2. The average Bonchev–Trinajstić information content (AvgIpc) is 2.65. The van der Waals surface area contributed by atoms with Gasteiger partial charge in [0.2, 0.25) is 0 Å². The first kappa shape index (κ1) is 12.6. The lowest BCUT2D eigenvalue weighted by atomic mass is 9.97. The van der Waals surface area contributed by atoms with Crippen LogP contribution < -0.4 is 14.8 Å². The number of fused-ring (bicyclic) bond motifs is 1. The fourth-order valence-corrected chi connectivity index (χ4v) is 2.77. The maximum atomic E-state index is 10.1. The van der Waals surface area contributed by atoms with Crippen molar-refractivity contribution in [2.45, 2.75) is 38.1 Å². The van der Waals surface area contributed by atoms with E-state index in [0.717, 1.165) is 30.7 Å². The molecule has 0 amide bonds. The normalized spacial score (nSPS) is 22.8. The quantitative estimate of drug-likeness (QED) is 0.859. The van der Waals surface area contributed by atoms with Gasteiger partial charge in [-0.25, -0.2) is 0 Å². The number of phenolic OH excluding ortho intramolecular Hbond substituents is 1. The van der Waals surface area contributed by atoms with E-state index in [1.807, 2.05) is 6.07 Å². The van der Waals surface area contributed by atoms with Crippen molar-refractivity contribution >= 4 is 0 Å². The molecule has 2 aliphatic rings. The van der Waals surface area contributed by atoms with Crippen molar-refractivity contribution in [1.82, 2.24) is 5.32 Å². The molecule has 4 nitrogen and oxygen atoms in total. The third kappa shape index (κ3) is 2.95. The van der Waals surface area contributed by atoms with Crippen LogP contribution >= 0.6 is 0 Å². The van der Waals surface area contributed by atoms with Crippen LogP contribution in [-0.4, -0.2) is 30.9 Å². The summed E-state index contributed by atoms with van der Waals surface area (Å²) in [5.41, 5.74) is 0.948. The number of hydrogen-bond acceptors (Lipinski definition) is 4. The minimum atomic E-state index is 0.316. The molecule has 1 aromatic rings. The molecule has 104 valence electrons. The molecule has 0 radical (unpaired) electrons. The highest BCUT2D eigenvalue weighted by atomic mass is 16.5. The second-order valence-electron chi connectivity index (χ2n) is 5.33. The molecule has 0 aliphatic carbocycles. The van der Waals surface area contributed by atoms with E-state index in [-0.39, 0.29) is 0 Å². The van der Waals surface area contributed by atoms with Crippen LogP contribution in [0.25, 0.3) is 0 Å². The van der Waals surface area contributed by atoms with Crippen molar-refractivity contribution in [2.75, 3.05) is 19.8 Å². The predicted octanol–water partition coefficient (Wildman–Crippen LogP) is 2.24. The van der Waals surface area contributed by atoms with Crippen molar-refractivity contribution in [1.29, 1.82) is 0 Å². The maximum absolute atomic E-state index is 10.1. The Morgan fingerprint density at radius 3 is 2.63 bits per heavy atom. The molecule has 1 fully saturated rings. The Balaban J connectivity index is 1.78. The first-order chi connectivity index (χ1) is 9.33. The van der Waals surface area contributed by atoms with Gasteiger partial charge in [0.25, 0.3) is 0 Å². The van der Waals surface area contributed by atoms with Crippen LogP contribution in [0.15, 0.2) is 12.1 Å². The Bertz CT molecular complexity index is 441. The number of phenols is 1. The van der Waals surface area contributed by atoms with Gasteiger partial charge in [-0.05, 0) is 37.4 Å². The zero-order chi connectivity index (χ0) is 13.1. The smallest absolute Gasteiger partial charge is 0.164 e. The number of piperidine rings is 1. The second kappa shape index (κ2) is 5.70. The largest absolute Gasteiger partial charge is 0.508 e. The highest BCUT2D eigenvalue weighted by Crippen LogP contribution is 2.36. The van der Waals surface area contributed by atoms with E-state index in [9.17, 15) is 5.11 Å². The molecule has 0 saturated carbocycles. The fraction of sp³-hybridized carbons (Fsp3) is 0.600. The van der Waals surface area contributed by atoms with Gasteiger partial charge in [0, 0.05) is 18.5 Å². The predicted molar refractivity (Wildman–Crippen MR) is 73.1 cm³/mol. The van der Waals surface area contributed by atoms with Crippen LogP contribution in [0, 0.1) is 0 Å². The minimum absolute atomic E-state index is 0.316. The van der Waals surface area contributed by atoms with Crippen LogP contribution in [0.3, 0.4) is 0 Å². The number of nitrogens with one attached hydrogen (secondary N) is 1. The zero-order valence-corrected chi connectivity index (χ0v) is 11.2. The van der Waals surface area contributed by atoms with Crippen LogP contribution in [0.4, 0.5) is 0 Å². The Labute approximate surface area is 113 Å². The lowest BCUT2D eigenvalue weighted by Crippen LogP contribution is -2.35. The maximum Gasteiger partial charge on any atom is 0.164 e. The summed E-state index contributed by atoms with van der Waals surface area (Å²) in [6.45, 7) is 2.41. The van der Waals surface area contributed by atoms with E-state index in [2.05, 4.69) is 5.32 Å². The first-order valence-corrected chi connectivity index (χ1v) is 7.18. The topological polar surface area (TPSA) is 50.7 Å². The number of aromatic hydroxyl groups is 1. The average molecular weight is 263 g/mol. The molecule has 2 heterocycles. The van der Waals surface area contributed by atoms with Crippen LogP contribution in [0.2, 0.25) is 0 Å². The van der Waals surface area contributed by atoms with Gasteiger partial charge < -0.3 is 19.9 Å². The number of rotatable bonds is 2. The summed E-state index contributed by atoms with van der Waals surface area (Å²) in [5, 5.41) is 13.6. The number of ether oxygens (including phenoxy) is 2. The fourth-order valence-electron chi connectivity index (χ4n) is 2.77. The summed E-state index contributed by atoms with van der Waals surface area (Å²) in [4.78, 5) is 0. The van der Waals surface area contributed by atoms with Crippen molar-refractivity contribution < 1.29 is 14.6 Å². The highest BCUT2D eigenvalue weighted by molar-refractivity contribution is 5.50. The number of benzene rings is 1. The van der Waals surface area contributed by atoms with Gasteiger partial charge in [0.1, 0.15) is 5.75 Å². The van der Waals surface area contributed by atoms with E-state index < -0.39 is 0 Å². The van der Waals surface area contributed by atoms with Gasteiger partial charge in [-0.2, -0.15) is 0 Å². The van der Waals surface area contributed by atoms with Gasteiger partial charge in [-0.1, -0.05) is 6.42 Å². The molecule has 1 saturated heterocycles. The van der Waals surface area contributed by atoms with Crippen LogP contribution in [0.1, 0.15) is 31.2 Å². The van der Waals surface area contributed by atoms with E-state index in [0.29, 0.717) is 30.8 Å². The van der Waals surface area contributed by atoms with Crippen molar-refractivity contribution in [2.24, 2.45) is 0 Å². The molecule has 2 aliphatic heterocycles. The molecule has 2 N–H and O–H groups in total. The Morgan fingerprint density at radius 1 is 1.11 bits per heavy atom. The third-order valence-corrected chi connectivity index (χ3v) is 3.83. The Hall–Kier alpha value is -1.42. The first-order valence-electron chi connectivity index (χ1n) is 7.18. The lowest BCUT2D eigenvalue weighted by molar-refractivity contribution is 0.296. The molecule has 4 heteroatoms. The van der Waals surface area contributed by atoms with Gasteiger partial charge >= 0.3 is 0 Å². The Morgan fingerprint density at radius 2 is 1.89 bits per heavy atom. The molecule has 1 aromatic carbocycles.